The van der Waals surface area contributed by atoms with Gasteiger partial charge in [-0.1, -0.05) is 22.9 Å². The lowest BCUT2D eigenvalue weighted by molar-refractivity contribution is 0.622. The van der Waals surface area contributed by atoms with Gasteiger partial charge in [0.1, 0.15) is 5.82 Å². The minimum absolute atomic E-state index is 0.101. The first-order valence-corrected chi connectivity index (χ1v) is 6.85. The molecule has 0 aromatic heterocycles. The molecule has 0 radical (unpaired) electrons. The summed E-state index contributed by atoms with van der Waals surface area (Å²) in [6.45, 7) is 2.11. The molecule has 1 aromatic rings. The van der Waals surface area contributed by atoms with Crippen molar-refractivity contribution in [1.29, 1.82) is 0 Å². The Bertz CT molecular complexity index is 299. The van der Waals surface area contributed by atoms with Gasteiger partial charge in [0, 0.05) is 16.3 Å². The summed E-state index contributed by atoms with van der Waals surface area (Å²) >= 11 is 5.08. The Morgan fingerprint density at radius 3 is 2.80 bits per heavy atom. The standard InChI is InChI=1S/C11H15BrFNS/c1-2-15-7-11(14)5-8-3-9(12)6-10(13)4-8/h3-4,6,11H,2,5,7,14H2,1H3. The van der Waals surface area contributed by atoms with Gasteiger partial charge in [-0.15, -0.1) is 0 Å². The molecule has 2 N–H and O–H groups in total. The highest BCUT2D eigenvalue weighted by atomic mass is 79.9. The zero-order valence-corrected chi connectivity index (χ0v) is 11.1. The van der Waals surface area contributed by atoms with E-state index < -0.39 is 0 Å². The first kappa shape index (κ1) is 13.0. The second kappa shape index (κ2) is 6.51. The molecule has 0 heterocycles. The molecule has 1 aromatic carbocycles. The average molecular weight is 292 g/mol. The first-order valence-electron chi connectivity index (χ1n) is 4.90. The van der Waals surface area contributed by atoms with Crippen LogP contribution in [0.25, 0.3) is 0 Å². The molecular formula is C11H15BrFNS. The lowest BCUT2D eigenvalue weighted by atomic mass is 10.1. The van der Waals surface area contributed by atoms with Gasteiger partial charge < -0.3 is 5.73 Å². The van der Waals surface area contributed by atoms with E-state index in [1.165, 1.54) is 6.07 Å². The van der Waals surface area contributed by atoms with Gasteiger partial charge in [-0.2, -0.15) is 11.8 Å². The maximum Gasteiger partial charge on any atom is 0.124 e. The summed E-state index contributed by atoms with van der Waals surface area (Å²) < 4.78 is 13.8. The predicted octanol–water partition coefficient (Wildman–Crippen LogP) is 3.21. The number of nitrogens with two attached hydrogens (primary N) is 1. The summed E-state index contributed by atoms with van der Waals surface area (Å²) in [7, 11) is 0. The van der Waals surface area contributed by atoms with Crippen molar-refractivity contribution in [1.82, 2.24) is 0 Å². The highest BCUT2D eigenvalue weighted by Gasteiger charge is 2.05. The largest absolute Gasteiger partial charge is 0.327 e. The number of hydrogen-bond donors (Lipinski definition) is 1. The zero-order chi connectivity index (χ0) is 11.3. The van der Waals surface area contributed by atoms with Crippen molar-refractivity contribution >= 4 is 27.7 Å². The molecule has 4 heteroatoms. The van der Waals surface area contributed by atoms with E-state index in [0.29, 0.717) is 0 Å². The fourth-order valence-electron chi connectivity index (χ4n) is 1.36. The van der Waals surface area contributed by atoms with Crippen LogP contribution in [0.1, 0.15) is 12.5 Å². The van der Waals surface area contributed by atoms with Crippen LogP contribution < -0.4 is 5.73 Å². The van der Waals surface area contributed by atoms with Crippen molar-refractivity contribution in [2.75, 3.05) is 11.5 Å². The summed E-state index contributed by atoms with van der Waals surface area (Å²) in [6, 6.07) is 5.01. The first-order chi connectivity index (χ1) is 7.11. The number of thioether (sulfide) groups is 1. The van der Waals surface area contributed by atoms with Crippen LogP contribution in [0.15, 0.2) is 22.7 Å². The van der Waals surface area contributed by atoms with Crippen LogP contribution in [0.4, 0.5) is 4.39 Å². The lowest BCUT2D eigenvalue weighted by Crippen LogP contribution is -2.25. The predicted molar refractivity (Wildman–Crippen MR) is 68.8 cm³/mol. The van der Waals surface area contributed by atoms with E-state index in [-0.39, 0.29) is 11.9 Å². The molecule has 84 valence electrons. The van der Waals surface area contributed by atoms with E-state index in [4.69, 9.17) is 5.73 Å². The summed E-state index contributed by atoms with van der Waals surface area (Å²) in [5, 5.41) is 0. The quantitative estimate of drug-likeness (QED) is 0.902. The van der Waals surface area contributed by atoms with Gasteiger partial charge in [-0.05, 0) is 35.9 Å². The van der Waals surface area contributed by atoms with Crippen LogP contribution in [0.5, 0.6) is 0 Å². The SMILES string of the molecule is CCSCC(N)Cc1cc(F)cc(Br)c1. The van der Waals surface area contributed by atoms with E-state index in [1.807, 2.05) is 17.8 Å². The molecule has 0 aliphatic heterocycles. The van der Waals surface area contributed by atoms with E-state index in [1.54, 1.807) is 6.07 Å². The normalized spacial score (nSPS) is 12.8. The maximum absolute atomic E-state index is 13.1. The van der Waals surface area contributed by atoms with Crippen molar-refractivity contribution in [2.45, 2.75) is 19.4 Å². The molecule has 0 amide bonds. The summed E-state index contributed by atoms with van der Waals surface area (Å²) in [4.78, 5) is 0. The third kappa shape index (κ3) is 5.00. The molecular weight excluding hydrogens is 277 g/mol. The van der Waals surface area contributed by atoms with E-state index in [0.717, 1.165) is 28.0 Å². The monoisotopic (exact) mass is 291 g/mol. The molecule has 15 heavy (non-hydrogen) atoms. The molecule has 0 bridgehead atoms. The molecule has 1 atom stereocenters. The summed E-state index contributed by atoms with van der Waals surface area (Å²) in [5.74, 6) is 1.78. The highest BCUT2D eigenvalue weighted by Crippen LogP contribution is 2.16. The summed E-state index contributed by atoms with van der Waals surface area (Å²) in [5.41, 5.74) is 6.88. The smallest absolute Gasteiger partial charge is 0.124 e. The van der Waals surface area contributed by atoms with Crippen molar-refractivity contribution < 1.29 is 4.39 Å². The zero-order valence-electron chi connectivity index (χ0n) is 8.67. The topological polar surface area (TPSA) is 26.0 Å². The van der Waals surface area contributed by atoms with Crippen LogP contribution in [0, 0.1) is 5.82 Å². The van der Waals surface area contributed by atoms with Crippen LogP contribution in [-0.2, 0) is 6.42 Å². The molecule has 0 aliphatic rings. The van der Waals surface area contributed by atoms with Gasteiger partial charge in [0.2, 0.25) is 0 Å². The minimum Gasteiger partial charge on any atom is -0.327 e. The number of rotatable bonds is 5. The van der Waals surface area contributed by atoms with Gasteiger partial charge in [0.15, 0.2) is 0 Å². The van der Waals surface area contributed by atoms with Gasteiger partial charge >= 0.3 is 0 Å². The second-order valence-corrected chi connectivity index (χ2v) is 5.64. The Hall–Kier alpha value is -0.0600. The van der Waals surface area contributed by atoms with Gasteiger partial charge in [-0.3, -0.25) is 0 Å². The molecule has 1 unspecified atom stereocenters. The van der Waals surface area contributed by atoms with E-state index in [2.05, 4.69) is 22.9 Å². The van der Waals surface area contributed by atoms with Crippen LogP contribution in [0.2, 0.25) is 0 Å². The summed E-state index contributed by atoms with van der Waals surface area (Å²) in [6.07, 6.45) is 0.726. The fraction of sp³-hybridized carbons (Fsp3) is 0.455. The Labute approximate surface area is 103 Å². The average Bonchev–Trinajstić information content (AvgIpc) is 2.13. The molecule has 0 spiro atoms. The Morgan fingerprint density at radius 2 is 2.20 bits per heavy atom. The van der Waals surface area contributed by atoms with Gasteiger partial charge in [0.25, 0.3) is 0 Å². The third-order valence-corrected chi connectivity index (χ3v) is 3.49. The van der Waals surface area contributed by atoms with Gasteiger partial charge in [0.05, 0.1) is 0 Å². The molecule has 0 fully saturated rings. The molecule has 0 saturated carbocycles. The fourth-order valence-corrected chi connectivity index (χ4v) is 2.53. The van der Waals surface area contributed by atoms with Crippen LogP contribution in [0.3, 0.4) is 0 Å². The lowest BCUT2D eigenvalue weighted by Gasteiger charge is -2.11. The number of benzene rings is 1. The Kier molecular flexibility index (Phi) is 5.64. The maximum atomic E-state index is 13.1. The Balaban J connectivity index is 2.56. The molecule has 0 saturated heterocycles. The third-order valence-electron chi connectivity index (χ3n) is 1.96. The minimum atomic E-state index is -0.213. The number of halogens is 2. The van der Waals surface area contributed by atoms with Crippen molar-refractivity contribution in [2.24, 2.45) is 5.73 Å². The van der Waals surface area contributed by atoms with Crippen LogP contribution in [-0.4, -0.2) is 17.5 Å². The van der Waals surface area contributed by atoms with Crippen molar-refractivity contribution in [3.8, 4) is 0 Å². The molecule has 1 nitrogen and oxygen atoms in total. The van der Waals surface area contributed by atoms with Crippen LogP contribution >= 0.6 is 27.7 Å². The molecule has 1 rings (SSSR count). The van der Waals surface area contributed by atoms with Crippen molar-refractivity contribution in [3.63, 3.8) is 0 Å². The second-order valence-electron chi connectivity index (χ2n) is 3.40. The van der Waals surface area contributed by atoms with Crippen molar-refractivity contribution in [3.05, 3.63) is 34.1 Å². The Morgan fingerprint density at radius 1 is 1.47 bits per heavy atom. The highest BCUT2D eigenvalue weighted by molar-refractivity contribution is 9.10. The molecule has 0 aliphatic carbocycles. The van der Waals surface area contributed by atoms with Gasteiger partial charge in [-0.25, -0.2) is 4.39 Å². The van der Waals surface area contributed by atoms with E-state index >= 15 is 0 Å². The number of hydrogen-bond acceptors (Lipinski definition) is 2. The van der Waals surface area contributed by atoms with E-state index in [9.17, 15) is 4.39 Å².